The molecule has 0 spiro atoms. The fourth-order valence-corrected chi connectivity index (χ4v) is 4.23. The largest absolute Gasteiger partial charge is 0.476 e. The second-order valence-corrected chi connectivity index (χ2v) is 7.18. The van der Waals surface area contributed by atoms with Crippen molar-refractivity contribution in [3.63, 3.8) is 0 Å². The number of benzene rings is 1. The quantitative estimate of drug-likeness (QED) is 0.566. The molecule has 0 aliphatic carbocycles. The number of thiophene rings is 1. The number of nitrogens with zero attached hydrogens (tertiary/aromatic N) is 3. The minimum atomic E-state index is -1.03. The van der Waals surface area contributed by atoms with Crippen LogP contribution in [0.15, 0.2) is 53.2 Å². The minimum Gasteiger partial charge on any atom is -0.476 e. The first-order valence-corrected chi connectivity index (χ1v) is 9.29. The smallest absolute Gasteiger partial charge is 0.355 e. The number of carboxylic acids is 1. The molecule has 0 fully saturated rings. The molecule has 0 amide bonds. The zero-order valence-electron chi connectivity index (χ0n) is 13.2. The van der Waals surface area contributed by atoms with Gasteiger partial charge in [-0.1, -0.05) is 36.4 Å². The van der Waals surface area contributed by atoms with E-state index in [1.807, 2.05) is 54.8 Å². The summed E-state index contributed by atoms with van der Waals surface area (Å²) in [6, 6.07) is 14.0. The van der Waals surface area contributed by atoms with Crippen molar-refractivity contribution in [1.82, 2.24) is 14.8 Å². The first kappa shape index (κ1) is 15.7. The molecule has 4 aromatic rings. The maximum Gasteiger partial charge on any atom is 0.355 e. The van der Waals surface area contributed by atoms with Crippen molar-refractivity contribution in [2.24, 2.45) is 0 Å². The number of carbonyl (C=O) groups is 1. The molecular formula is C18H13N3O2S2. The number of rotatable bonds is 4. The topological polar surface area (TPSA) is 68.0 Å². The molecule has 0 saturated carbocycles. The third-order valence-electron chi connectivity index (χ3n) is 3.82. The number of aromatic nitrogens is 3. The normalized spacial score (nSPS) is 10.9. The Balaban J connectivity index is 1.94. The van der Waals surface area contributed by atoms with Gasteiger partial charge in [0.05, 0.1) is 16.3 Å². The minimum absolute atomic E-state index is 0.0338. The van der Waals surface area contributed by atoms with Crippen LogP contribution in [0.4, 0.5) is 0 Å². The standard InChI is InChI=1S/C18H13N3O2S2/c1-11-15(12-6-3-2-4-7-12)20-21(16(11)14-8-5-9-24-14)18-19-13(10-25-18)17(22)23/h2-10H,1H3,(H,22,23). The molecule has 0 atom stereocenters. The van der Waals surface area contributed by atoms with E-state index < -0.39 is 5.97 Å². The van der Waals surface area contributed by atoms with E-state index in [0.717, 1.165) is 27.4 Å². The van der Waals surface area contributed by atoms with E-state index in [-0.39, 0.29) is 5.69 Å². The molecular weight excluding hydrogens is 354 g/mol. The zero-order valence-corrected chi connectivity index (χ0v) is 14.8. The van der Waals surface area contributed by atoms with Crippen molar-refractivity contribution >= 4 is 28.6 Å². The molecule has 5 nitrogen and oxygen atoms in total. The van der Waals surface area contributed by atoms with Crippen LogP contribution in [0.5, 0.6) is 0 Å². The zero-order chi connectivity index (χ0) is 17.4. The lowest BCUT2D eigenvalue weighted by Gasteiger charge is -2.02. The Hall–Kier alpha value is -2.77. The summed E-state index contributed by atoms with van der Waals surface area (Å²) >= 11 is 2.89. The van der Waals surface area contributed by atoms with Gasteiger partial charge in [0.1, 0.15) is 0 Å². The molecule has 0 radical (unpaired) electrons. The molecule has 0 aliphatic heterocycles. The van der Waals surface area contributed by atoms with E-state index in [9.17, 15) is 4.79 Å². The Bertz CT molecular complexity index is 1030. The average Bonchev–Trinajstić information content (AvgIpc) is 3.34. The highest BCUT2D eigenvalue weighted by Crippen LogP contribution is 2.36. The van der Waals surface area contributed by atoms with Gasteiger partial charge in [-0.2, -0.15) is 5.10 Å². The predicted molar refractivity (Wildman–Crippen MR) is 99.7 cm³/mol. The van der Waals surface area contributed by atoms with Gasteiger partial charge in [0.15, 0.2) is 5.69 Å². The molecule has 0 unspecified atom stereocenters. The fraction of sp³-hybridized carbons (Fsp3) is 0.0556. The molecule has 0 aliphatic rings. The van der Waals surface area contributed by atoms with E-state index in [2.05, 4.69) is 4.98 Å². The SMILES string of the molecule is Cc1c(-c2ccccc2)nn(-c2nc(C(=O)O)cs2)c1-c1cccs1. The van der Waals surface area contributed by atoms with Gasteiger partial charge < -0.3 is 5.11 Å². The highest BCUT2D eigenvalue weighted by atomic mass is 32.1. The van der Waals surface area contributed by atoms with E-state index in [4.69, 9.17) is 10.2 Å². The second-order valence-electron chi connectivity index (χ2n) is 5.40. The molecule has 25 heavy (non-hydrogen) atoms. The molecule has 3 heterocycles. The van der Waals surface area contributed by atoms with Crippen LogP contribution < -0.4 is 0 Å². The molecule has 4 rings (SSSR count). The lowest BCUT2D eigenvalue weighted by molar-refractivity contribution is 0.0691. The van der Waals surface area contributed by atoms with Gasteiger partial charge in [0.2, 0.25) is 5.13 Å². The van der Waals surface area contributed by atoms with Gasteiger partial charge in [-0.15, -0.1) is 22.7 Å². The van der Waals surface area contributed by atoms with Crippen molar-refractivity contribution in [3.05, 3.63) is 64.5 Å². The van der Waals surface area contributed by atoms with Gasteiger partial charge in [-0.3, -0.25) is 0 Å². The fourth-order valence-electron chi connectivity index (χ4n) is 2.67. The molecule has 3 aromatic heterocycles. The van der Waals surface area contributed by atoms with E-state index in [1.165, 1.54) is 16.7 Å². The summed E-state index contributed by atoms with van der Waals surface area (Å²) in [5.41, 5.74) is 3.91. The number of carboxylic acid groups (broad SMARTS) is 1. The third-order valence-corrected chi connectivity index (χ3v) is 5.51. The van der Waals surface area contributed by atoms with Crippen molar-refractivity contribution in [1.29, 1.82) is 0 Å². The van der Waals surface area contributed by atoms with Gasteiger partial charge in [-0.25, -0.2) is 14.5 Å². The predicted octanol–water partition coefficient (Wildman–Crippen LogP) is 4.73. The Labute approximate surface area is 151 Å². The van der Waals surface area contributed by atoms with Crippen molar-refractivity contribution < 1.29 is 9.90 Å². The van der Waals surface area contributed by atoms with E-state index in [1.54, 1.807) is 16.0 Å². The first-order valence-electron chi connectivity index (χ1n) is 7.53. The maximum absolute atomic E-state index is 11.2. The van der Waals surface area contributed by atoms with Crippen molar-refractivity contribution in [2.45, 2.75) is 6.92 Å². The van der Waals surface area contributed by atoms with Gasteiger partial charge in [0, 0.05) is 16.5 Å². The van der Waals surface area contributed by atoms with Gasteiger partial charge >= 0.3 is 5.97 Å². The molecule has 7 heteroatoms. The van der Waals surface area contributed by atoms with Crippen LogP contribution in [0, 0.1) is 6.92 Å². The van der Waals surface area contributed by atoms with Crippen LogP contribution in [0.2, 0.25) is 0 Å². The van der Waals surface area contributed by atoms with E-state index in [0.29, 0.717) is 5.13 Å². The van der Waals surface area contributed by atoms with E-state index >= 15 is 0 Å². The van der Waals surface area contributed by atoms with Gasteiger partial charge in [-0.05, 0) is 18.4 Å². The Morgan fingerprint density at radius 2 is 1.92 bits per heavy atom. The summed E-state index contributed by atoms with van der Waals surface area (Å²) in [4.78, 5) is 16.5. The van der Waals surface area contributed by atoms with Crippen LogP contribution >= 0.6 is 22.7 Å². The first-order chi connectivity index (χ1) is 12.1. The molecule has 1 aromatic carbocycles. The number of thiazole rings is 1. The van der Waals surface area contributed by atoms with Crippen LogP contribution in [-0.2, 0) is 0 Å². The van der Waals surface area contributed by atoms with Crippen LogP contribution in [0.1, 0.15) is 16.1 Å². The Morgan fingerprint density at radius 3 is 2.56 bits per heavy atom. The molecule has 1 N–H and O–H groups in total. The number of hydrogen-bond acceptors (Lipinski definition) is 5. The lowest BCUT2D eigenvalue weighted by atomic mass is 10.1. The third kappa shape index (κ3) is 2.77. The second kappa shape index (κ2) is 6.27. The average molecular weight is 367 g/mol. The summed E-state index contributed by atoms with van der Waals surface area (Å²) in [7, 11) is 0. The summed E-state index contributed by atoms with van der Waals surface area (Å²) in [5, 5.41) is 18.0. The summed E-state index contributed by atoms with van der Waals surface area (Å²) in [6.45, 7) is 2.03. The Kier molecular flexibility index (Phi) is 3.95. The summed E-state index contributed by atoms with van der Waals surface area (Å²) in [5.74, 6) is -1.03. The van der Waals surface area contributed by atoms with Crippen LogP contribution in [-0.4, -0.2) is 25.8 Å². The van der Waals surface area contributed by atoms with Crippen molar-refractivity contribution in [2.75, 3.05) is 0 Å². The molecule has 124 valence electrons. The summed E-state index contributed by atoms with van der Waals surface area (Å²) in [6.07, 6.45) is 0. The number of hydrogen-bond donors (Lipinski definition) is 1. The Morgan fingerprint density at radius 1 is 1.12 bits per heavy atom. The van der Waals surface area contributed by atoms with Crippen LogP contribution in [0.25, 0.3) is 27.0 Å². The van der Waals surface area contributed by atoms with Crippen molar-refractivity contribution in [3.8, 4) is 27.0 Å². The highest BCUT2D eigenvalue weighted by molar-refractivity contribution is 7.13. The molecule has 0 bridgehead atoms. The lowest BCUT2D eigenvalue weighted by Crippen LogP contribution is -2.01. The van der Waals surface area contributed by atoms with Gasteiger partial charge in [0.25, 0.3) is 0 Å². The molecule has 0 saturated heterocycles. The summed E-state index contributed by atoms with van der Waals surface area (Å²) < 4.78 is 1.75. The number of aromatic carboxylic acids is 1. The monoisotopic (exact) mass is 367 g/mol. The van der Waals surface area contributed by atoms with Crippen LogP contribution in [0.3, 0.4) is 0 Å². The highest BCUT2D eigenvalue weighted by Gasteiger charge is 2.21. The maximum atomic E-state index is 11.2.